The summed E-state index contributed by atoms with van der Waals surface area (Å²) < 4.78 is 39.8. The largest absolute Gasteiger partial charge is 0.418 e. The Morgan fingerprint density at radius 1 is 1.10 bits per heavy atom. The van der Waals surface area contributed by atoms with E-state index >= 15 is 0 Å². The van der Waals surface area contributed by atoms with E-state index in [4.69, 9.17) is 0 Å². The molecule has 2 fully saturated rings. The number of piperidine rings is 2. The predicted molar refractivity (Wildman–Crippen MR) is 77.4 cm³/mol. The van der Waals surface area contributed by atoms with Gasteiger partial charge in [0.05, 0.1) is 5.56 Å². The van der Waals surface area contributed by atoms with Gasteiger partial charge in [0.15, 0.2) is 0 Å². The molecule has 2 saturated heterocycles. The lowest BCUT2D eigenvalue weighted by atomic mass is 9.81. The van der Waals surface area contributed by atoms with E-state index in [0.29, 0.717) is 11.7 Å². The Bertz CT molecular complexity index is 487. The fraction of sp³-hybridized carbons (Fsp3) is 0.625. The fourth-order valence-electron chi connectivity index (χ4n) is 3.95. The molecule has 0 radical (unpaired) electrons. The molecule has 0 spiro atoms. The molecule has 2 aliphatic rings. The number of benzene rings is 1. The van der Waals surface area contributed by atoms with Crippen molar-refractivity contribution < 1.29 is 13.2 Å². The van der Waals surface area contributed by atoms with Crippen LogP contribution < -0.4 is 10.2 Å². The van der Waals surface area contributed by atoms with E-state index in [2.05, 4.69) is 10.2 Å². The molecular weight excluding hydrogens is 277 g/mol. The van der Waals surface area contributed by atoms with E-state index in [1.165, 1.54) is 12.1 Å². The number of rotatable bonds is 2. The summed E-state index contributed by atoms with van der Waals surface area (Å²) in [6.45, 7) is 0. The van der Waals surface area contributed by atoms with E-state index in [1.807, 2.05) is 7.05 Å². The molecule has 0 saturated carbocycles. The second-order valence-corrected chi connectivity index (χ2v) is 6.12. The number of fused-ring (bicyclic) bond motifs is 2. The van der Waals surface area contributed by atoms with Crippen LogP contribution in [-0.4, -0.2) is 25.2 Å². The van der Waals surface area contributed by atoms with Crippen LogP contribution in [0.15, 0.2) is 24.3 Å². The van der Waals surface area contributed by atoms with Crippen molar-refractivity contribution >= 4 is 5.69 Å². The maximum absolute atomic E-state index is 13.3. The maximum Gasteiger partial charge on any atom is 0.418 e. The summed E-state index contributed by atoms with van der Waals surface area (Å²) in [7, 11) is 1.94. The van der Waals surface area contributed by atoms with Crippen molar-refractivity contribution in [2.45, 2.75) is 56.4 Å². The first-order valence-electron chi connectivity index (χ1n) is 7.62. The lowest BCUT2D eigenvalue weighted by Gasteiger charge is -2.50. The zero-order valence-corrected chi connectivity index (χ0v) is 12.2. The van der Waals surface area contributed by atoms with Gasteiger partial charge in [0.2, 0.25) is 0 Å². The molecule has 2 bridgehead atoms. The van der Waals surface area contributed by atoms with Crippen LogP contribution in [0, 0.1) is 0 Å². The van der Waals surface area contributed by atoms with Gasteiger partial charge in [0, 0.05) is 23.8 Å². The fourth-order valence-corrected chi connectivity index (χ4v) is 3.95. The minimum Gasteiger partial charge on any atom is -0.365 e. The lowest BCUT2D eigenvalue weighted by Crippen LogP contribution is -2.56. The number of hydrogen-bond donors (Lipinski definition) is 1. The van der Waals surface area contributed by atoms with Gasteiger partial charge in [0.25, 0.3) is 0 Å². The summed E-state index contributed by atoms with van der Waals surface area (Å²) in [5, 5.41) is 3.30. The van der Waals surface area contributed by atoms with Crippen LogP contribution in [0.2, 0.25) is 0 Å². The average Bonchev–Trinajstić information content (AvgIpc) is 2.45. The monoisotopic (exact) mass is 298 g/mol. The van der Waals surface area contributed by atoms with Gasteiger partial charge in [-0.1, -0.05) is 12.1 Å². The highest BCUT2D eigenvalue weighted by Crippen LogP contribution is 2.43. The Kier molecular flexibility index (Phi) is 3.86. The molecule has 116 valence electrons. The molecule has 2 aliphatic heterocycles. The molecule has 5 heteroatoms. The highest BCUT2D eigenvalue weighted by molar-refractivity contribution is 5.57. The molecular formula is C16H21F3N2. The summed E-state index contributed by atoms with van der Waals surface area (Å²) >= 11 is 0. The Morgan fingerprint density at radius 2 is 1.71 bits per heavy atom. The molecule has 2 nitrogen and oxygen atoms in total. The van der Waals surface area contributed by atoms with Gasteiger partial charge in [0.1, 0.15) is 0 Å². The van der Waals surface area contributed by atoms with E-state index < -0.39 is 11.7 Å². The van der Waals surface area contributed by atoms with E-state index in [1.54, 1.807) is 12.1 Å². The van der Waals surface area contributed by atoms with Crippen molar-refractivity contribution in [1.29, 1.82) is 0 Å². The highest BCUT2D eigenvalue weighted by atomic mass is 19.4. The number of halogens is 3. The van der Waals surface area contributed by atoms with Crippen LogP contribution in [0.4, 0.5) is 18.9 Å². The van der Waals surface area contributed by atoms with Crippen molar-refractivity contribution in [2.24, 2.45) is 0 Å². The standard InChI is InChI=1S/C16H21F3N2/c1-20-11-9-12-5-4-6-13(10-11)21(12)15-8-3-2-7-14(15)16(17,18)19/h2-3,7-8,11-13,20H,4-6,9-10H2,1H3. The molecule has 1 aromatic carbocycles. The number of hydrogen-bond acceptors (Lipinski definition) is 2. The van der Waals surface area contributed by atoms with Crippen molar-refractivity contribution in [3.63, 3.8) is 0 Å². The molecule has 21 heavy (non-hydrogen) atoms. The third-order valence-corrected chi connectivity index (χ3v) is 4.87. The van der Waals surface area contributed by atoms with Gasteiger partial charge in [-0.15, -0.1) is 0 Å². The van der Waals surface area contributed by atoms with Gasteiger partial charge >= 0.3 is 6.18 Å². The average molecular weight is 298 g/mol. The molecule has 1 aromatic rings. The van der Waals surface area contributed by atoms with Crippen molar-refractivity contribution in [3.05, 3.63) is 29.8 Å². The molecule has 2 unspecified atom stereocenters. The van der Waals surface area contributed by atoms with Crippen LogP contribution in [-0.2, 0) is 6.18 Å². The molecule has 0 aliphatic carbocycles. The van der Waals surface area contributed by atoms with Crippen molar-refractivity contribution in [1.82, 2.24) is 5.32 Å². The second kappa shape index (κ2) is 5.52. The molecule has 0 aromatic heterocycles. The number of nitrogens with zero attached hydrogens (tertiary/aromatic N) is 1. The van der Waals surface area contributed by atoms with Crippen molar-refractivity contribution in [3.8, 4) is 0 Å². The topological polar surface area (TPSA) is 15.3 Å². The minimum absolute atomic E-state index is 0.221. The minimum atomic E-state index is -4.29. The van der Waals surface area contributed by atoms with Gasteiger partial charge in [-0.05, 0) is 51.3 Å². The van der Waals surface area contributed by atoms with Gasteiger partial charge in [-0.2, -0.15) is 13.2 Å². The predicted octanol–water partition coefficient (Wildman–Crippen LogP) is 3.81. The molecule has 0 amide bonds. The second-order valence-electron chi connectivity index (χ2n) is 6.12. The first-order chi connectivity index (χ1) is 10.0. The third kappa shape index (κ3) is 2.76. The van der Waals surface area contributed by atoms with Gasteiger partial charge < -0.3 is 10.2 Å². The van der Waals surface area contributed by atoms with Crippen LogP contribution in [0.5, 0.6) is 0 Å². The van der Waals surface area contributed by atoms with E-state index in [9.17, 15) is 13.2 Å². The lowest BCUT2D eigenvalue weighted by molar-refractivity contribution is -0.137. The Balaban J connectivity index is 1.97. The third-order valence-electron chi connectivity index (χ3n) is 4.87. The quantitative estimate of drug-likeness (QED) is 0.893. The normalized spacial score (nSPS) is 29.5. The zero-order chi connectivity index (χ0) is 15.0. The summed E-state index contributed by atoms with van der Waals surface area (Å²) in [6, 6.07) is 6.89. The van der Waals surface area contributed by atoms with Gasteiger partial charge in [-0.3, -0.25) is 0 Å². The summed E-state index contributed by atoms with van der Waals surface area (Å²) in [5.41, 5.74) is -0.126. The molecule has 2 atom stereocenters. The summed E-state index contributed by atoms with van der Waals surface area (Å²) in [5.74, 6) is 0. The summed E-state index contributed by atoms with van der Waals surface area (Å²) in [6.07, 6.45) is 0.668. The molecule has 2 heterocycles. The molecule has 1 N–H and O–H groups in total. The van der Waals surface area contributed by atoms with E-state index in [-0.39, 0.29) is 12.1 Å². The number of para-hydroxylation sites is 1. The van der Waals surface area contributed by atoms with E-state index in [0.717, 1.165) is 32.1 Å². The zero-order valence-electron chi connectivity index (χ0n) is 12.2. The Morgan fingerprint density at radius 3 is 2.29 bits per heavy atom. The van der Waals surface area contributed by atoms with Crippen LogP contribution in [0.25, 0.3) is 0 Å². The first kappa shape index (κ1) is 14.7. The summed E-state index contributed by atoms with van der Waals surface area (Å²) in [4.78, 5) is 2.06. The number of nitrogens with one attached hydrogen (secondary N) is 1. The van der Waals surface area contributed by atoms with Crippen LogP contribution in [0.3, 0.4) is 0 Å². The number of anilines is 1. The number of alkyl halides is 3. The van der Waals surface area contributed by atoms with Gasteiger partial charge in [-0.25, -0.2) is 0 Å². The van der Waals surface area contributed by atoms with Crippen LogP contribution >= 0.6 is 0 Å². The smallest absolute Gasteiger partial charge is 0.365 e. The first-order valence-corrected chi connectivity index (χ1v) is 7.62. The highest BCUT2D eigenvalue weighted by Gasteiger charge is 2.42. The van der Waals surface area contributed by atoms with Crippen molar-refractivity contribution in [2.75, 3.05) is 11.9 Å². The Hall–Kier alpha value is -1.23. The molecule has 3 rings (SSSR count). The van der Waals surface area contributed by atoms with Crippen LogP contribution in [0.1, 0.15) is 37.7 Å². The maximum atomic E-state index is 13.3. The Labute approximate surface area is 123 Å². The SMILES string of the molecule is CNC1CC2CCCC(C1)N2c1ccccc1C(F)(F)F.